The van der Waals surface area contributed by atoms with Crippen LogP contribution >= 0.6 is 11.6 Å². The smallest absolute Gasteiger partial charge is 0.328 e. The summed E-state index contributed by atoms with van der Waals surface area (Å²) in [6, 6.07) is 5.70. The van der Waals surface area contributed by atoms with Gasteiger partial charge in [0.1, 0.15) is 5.02 Å². The summed E-state index contributed by atoms with van der Waals surface area (Å²) in [6.07, 6.45) is 2.07. The van der Waals surface area contributed by atoms with Gasteiger partial charge < -0.3 is 20.6 Å². The number of aryl methyl sites for hydroxylation is 2. The number of hydrogen-bond acceptors (Lipinski definition) is 7. The fourth-order valence-electron chi connectivity index (χ4n) is 3.69. The van der Waals surface area contributed by atoms with Crippen LogP contribution in [-0.4, -0.2) is 56.0 Å². The Bertz CT molecular complexity index is 1140. The van der Waals surface area contributed by atoms with E-state index in [0.717, 1.165) is 42.9 Å². The van der Waals surface area contributed by atoms with Gasteiger partial charge in [-0.25, -0.2) is 9.78 Å². The standard InChI is InChI=1S/C21H28ClN7O2/c1-21(2,31)6-9-29-17-12-14(4-5-16(17)27(3)20(29)30)25-18-15(22)13-24-19(26-18)28-10-7-23-8-11-28/h4-5,12-13,23,31H,6-11H2,1-3H3,(H,24,25,26). The number of nitrogens with one attached hydrogen (secondary N) is 2. The van der Waals surface area contributed by atoms with Crippen molar-refractivity contribution in [3.63, 3.8) is 0 Å². The normalized spacial score (nSPS) is 14.9. The van der Waals surface area contributed by atoms with Crippen LogP contribution in [0.2, 0.25) is 5.02 Å². The van der Waals surface area contributed by atoms with E-state index in [-0.39, 0.29) is 5.69 Å². The predicted octanol–water partition coefficient (Wildman–Crippen LogP) is 2.10. The average Bonchev–Trinajstić information content (AvgIpc) is 2.98. The van der Waals surface area contributed by atoms with E-state index in [0.29, 0.717) is 29.8 Å². The van der Waals surface area contributed by atoms with Crippen LogP contribution in [0.25, 0.3) is 11.0 Å². The molecule has 0 atom stereocenters. The SMILES string of the molecule is Cn1c(=O)n(CCC(C)(C)O)c2cc(Nc3nc(N4CCNCC4)ncc3Cl)ccc21. The molecule has 9 nitrogen and oxygen atoms in total. The molecule has 2 aromatic heterocycles. The minimum atomic E-state index is -0.855. The van der Waals surface area contributed by atoms with Crippen molar-refractivity contribution >= 4 is 40.1 Å². The molecule has 0 aliphatic carbocycles. The van der Waals surface area contributed by atoms with Crippen molar-refractivity contribution in [1.29, 1.82) is 0 Å². The lowest BCUT2D eigenvalue weighted by Gasteiger charge is -2.27. The van der Waals surface area contributed by atoms with Crippen molar-refractivity contribution in [2.45, 2.75) is 32.4 Å². The molecule has 3 N–H and O–H groups in total. The second-order valence-corrected chi connectivity index (χ2v) is 8.89. The Balaban J connectivity index is 1.65. The van der Waals surface area contributed by atoms with Gasteiger partial charge >= 0.3 is 5.69 Å². The molecule has 0 spiro atoms. The molecule has 0 bridgehead atoms. The van der Waals surface area contributed by atoms with E-state index in [4.69, 9.17) is 11.6 Å². The van der Waals surface area contributed by atoms with E-state index in [9.17, 15) is 9.90 Å². The fraction of sp³-hybridized carbons (Fsp3) is 0.476. The second-order valence-electron chi connectivity index (χ2n) is 8.49. The Labute approximate surface area is 185 Å². The van der Waals surface area contributed by atoms with Crippen LogP contribution in [0.3, 0.4) is 0 Å². The minimum Gasteiger partial charge on any atom is -0.390 e. The highest BCUT2D eigenvalue weighted by Crippen LogP contribution is 2.27. The van der Waals surface area contributed by atoms with Gasteiger partial charge in [-0.1, -0.05) is 11.6 Å². The molecule has 10 heteroatoms. The number of hydrogen-bond donors (Lipinski definition) is 3. The zero-order valence-electron chi connectivity index (χ0n) is 18.0. The van der Waals surface area contributed by atoms with Gasteiger partial charge in [-0.05, 0) is 38.5 Å². The Morgan fingerprint density at radius 1 is 1.26 bits per heavy atom. The van der Waals surface area contributed by atoms with Crippen LogP contribution in [0.5, 0.6) is 0 Å². The van der Waals surface area contributed by atoms with Gasteiger partial charge in [-0.3, -0.25) is 9.13 Å². The van der Waals surface area contributed by atoms with Gasteiger partial charge in [0.05, 0.1) is 22.8 Å². The summed E-state index contributed by atoms with van der Waals surface area (Å²) in [5, 5.41) is 17.1. The molecule has 0 saturated carbocycles. The van der Waals surface area contributed by atoms with E-state index >= 15 is 0 Å². The summed E-state index contributed by atoms with van der Waals surface area (Å²) in [5.41, 5.74) is 1.40. The van der Waals surface area contributed by atoms with E-state index < -0.39 is 5.60 Å². The Kier molecular flexibility index (Phi) is 5.92. The first kappa shape index (κ1) is 21.6. The highest BCUT2D eigenvalue weighted by Gasteiger charge is 2.18. The molecule has 166 valence electrons. The maximum absolute atomic E-state index is 12.7. The summed E-state index contributed by atoms with van der Waals surface area (Å²) in [4.78, 5) is 23.8. The first-order valence-corrected chi connectivity index (χ1v) is 10.8. The Morgan fingerprint density at radius 3 is 2.71 bits per heavy atom. The molecule has 1 fully saturated rings. The number of imidazole rings is 1. The van der Waals surface area contributed by atoms with Gasteiger partial charge in [0, 0.05) is 45.5 Å². The number of anilines is 3. The van der Waals surface area contributed by atoms with Crippen molar-refractivity contribution < 1.29 is 5.11 Å². The van der Waals surface area contributed by atoms with Crippen LogP contribution in [-0.2, 0) is 13.6 Å². The second kappa shape index (κ2) is 8.49. The first-order chi connectivity index (χ1) is 14.7. The molecule has 1 saturated heterocycles. The van der Waals surface area contributed by atoms with Gasteiger partial charge in [0.25, 0.3) is 0 Å². The number of fused-ring (bicyclic) bond motifs is 1. The van der Waals surface area contributed by atoms with Crippen molar-refractivity contribution in [3.8, 4) is 0 Å². The first-order valence-electron chi connectivity index (χ1n) is 10.4. The molecule has 3 heterocycles. The monoisotopic (exact) mass is 445 g/mol. The van der Waals surface area contributed by atoms with Crippen molar-refractivity contribution in [2.24, 2.45) is 7.05 Å². The van der Waals surface area contributed by atoms with Crippen LogP contribution in [0.15, 0.2) is 29.2 Å². The number of nitrogens with zero attached hydrogens (tertiary/aromatic N) is 5. The molecule has 3 aromatic rings. The largest absolute Gasteiger partial charge is 0.390 e. The summed E-state index contributed by atoms with van der Waals surface area (Å²) in [6.45, 7) is 7.36. The van der Waals surface area contributed by atoms with Gasteiger partial charge in [-0.2, -0.15) is 4.98 Å². The fourth-order valence-corrected chi connectivity index (χ4v) is 3.83. The number of rotatable bonds is 6. The maximum Gasteiger partial charge on any atom is 0.328 e. The highest BCUT2D eigenvalue weighted by atomic mass is 35.5. The lowest BCUT2D eigenvalue weighted by atomic mass is 10.1. The Hall–Kier alpha value is -2.62. The molecule has 4 rings (SSSR count). The highest BCUT2D eigenvalue weighted by molar-refractivity contribution is 6.32. The minimum absolute atomic E-state index is 0.113. The third kappa shape index (κ3) is 4.68. The number of piperazine rings is 1. The molecule has 0 amide bonds. The quantitative estimate of drug-likeness (QED) is 0.534. The number of halogens is 1. The zero-order chi connectivity index (χ0) is 22.2. The number of aromatic nitrogens is 4. The third-order valence-electron chi connectivity index (χ3n) is 5.49. The zero-order valence-corrected chi connectivity index (χ0v) is 18.8. The lowest BCUT2D eigenvalue weighted by Crippen LogP contribution is -2.44. The van der Waals surface area contributed by atoms with Gasteiger partial charge in [-0.15, -0.1) is 0 Å². The van der Waals surface area contributed by atoms with E-state index in [1.54, 1.807) is 36.2 Å². The number of benzene rings is 1. The Morgan fingerprint density at radius 2 is 2.00 bits per heavy atom. The summed E-state index contributed by atoms with van der Waals surface area (Å²) < 4.78 is 3.30. The number of aliphatic hydroxyl groups is 1. The lowest BCUT2D eigenvalue weighted by molar-refractivity contribution is 0.0662. The summed E-state index contributed by atoms with van der Waals surface area (Å²) in [5.74, 6) is 1.15. The van der Waals surface area contributed by atoms with E-state index in [1.165, 1.54) is 0 Å². The summed E-state index contributed by atoms with van der Waals surface area (Å²) in [7, 11) is 1.75. The van der Waals surface area contributed by atoms with Gasteiger partial charge in [0.2, 0.25) is 5.95 Å². The van der Waals surface area contributed by atoms with Crippen LogP contribution in [0.4, 0.5) is 17.5 Å². The molecule has 0 radical (unpaired) electrons. The average molecular weight is 446 g/mol. The molecular formula is C21H28ClN7O2. The third-order valence-corrected chi connectivity index (χ3v) is 5.76. The van der Waals surface area contributed by atoms with Crippen molar-refractivity contribution in [2.75, 3.05) is 36.4 Å². The molecular weight excluding hydrogens is 418 g/mol. The van der Waals surface area contributed by atoms with Crippen LogP contribution < -0.4 is 21.2 Å². The van der Waals surface area contributed by atoms with Crippen molar-refractivity contribution in [1.82, 2.24) is 24.4 Å². The van der Waals surface area contributed by atoms with E-state index in [2.05, 4.69) is 25.5 Å². The van der Waals surface area contributed by atoms with Crippen LogP contribution in [0.1, 0.15) is 20.3 Å². The van der Waals surface area contributed by atoms with Crippen molar-refractivity contribution in [3.05, 3.63) is 39.9 Å². The molecule has 1 aliphatic heterocycles. The predicted molar refractivity (Wildman–Crippen MR) is 124 cm³/mol. The van der Waals surface area contributed by atoms with E-state index in [1.807, 2.05) is 18.2 Å². The van der Waals surface area contributed by atoms with Crippen LogP contribution in [0, 0.1) is 0 Å². The molecule has 1 aliphatic rings. The van der Waals surface area contributed by atoms with Gasteiger partial charge in [0.15, 0.2) is 5.82 Å². The molecule has 0 unspecified atom stereocenters. The topological polar surface area (TPSA) is 100 Å². The maximum atomic E-state index is 12.7. The molecule has 1 aromatic carbocycles. The summed E-state index contributed by atoms with van der Waals surface area (Å²) >= 11 is 6.36. The molecule has 31 heavy (non-hydrogen) atoms.